The summed E-state index contributed by atoms with van der Waals surface area (Å²) in [6, 6.07) is 1.52. The summed E-state index contributed by atoms with van der Waals surface area (Å²) in [5.74, 6) is 0.240. The molecule has 0 radical (unpaired) electrons. The average molecular weight is 415 g/mol. The Morgan fingerprint density at radius 1 is 1.31 bits per heavy atom. The Kier molecular flexibility index (Phi) is 4.32. The minimum atomic E-state index is -3.58. The first-order valence-corrected chi connectivity index (χ1v) is 11.1. The summed E-state index contributed by atoms with van der Waals surface area (Å²) in [6.45, 7) is -0.337. The number of hydrogen-bond acceptors (Lipinski definition) is 5. The highest BCUT2D eigenvalue weighted by atomic mass is 32.3. The standard InChI is InChI=1S/C19H21N5O4S/c20-29(27,16-8-21-24-9-13(10-25)28-18(16)24)23-19(26)22-17-14-5-1-3-11(14)7-12-4-2-6-15(12)17/h7-9,25H,1-6,10H2,(H3-,20,22,23,26,27). The van der Waals surface area contributed by atoms with Crippen molar-refractivity contribution in [3.8, 4) is 0 Å². The maximum absolute atomic E-state index is 13.0. The number of benzene rings is 1. The van der Waals surface area contributed by atoms with E-state index in [0.717, 1.165) is 55.3 Å². The molecule has 0 fully saturated rings. The van der Waals surface area contributed by atoms with Crippen LogP contribution in [0, 0.1) is 0 Å². The molecule has 29 heavy (non-hydrogen) atoms. The molecular formula is C19H21N5O4S. The zero-order valence-electron chi connectivity index (χ0n) is 15.7. The summed E-state index contributed by atoms with van der Waals surface area (Å²) in [4.78, 5) is 12.7. The highest BCUT2D eigenvalue weighted by Gasteiger charge is 2.28. The van der Waals surface area contributed by atoms with Gasteiger partial charge >= 0.3 is 6.03 Å². The van der Waals surface area contributed by atoms with Crippen LogP contribution in [0.3, 0.4) is 0 Å². The topological polar surface area (TPSA) is 141 Å². The van der Waals surface area contributed by atoms with E-state index in [1.165, 1.54) is 28.0 Å². The number of carbonyl (C=O) groups is 1. The molecule has 2 aliphatic rings. The van der Waals surface area contributed by atoms with E-state index >= 15 is 0 Å². The first-order valence-electron chi connectivity index (χ1n) is 9.55. The van der Waals surface area contributed by atoms with Crippen molar-refractivity contribution in [2.75, 3.05) is 5.32 Å². The van der Waals surface area contributed by atoms with Gasteiger partial charge in [-0.05, 0) is 65.1 Å². The Bertz CT molecular complexity index is 1160. The van der Waals surface area contributed by atoms with Crippen LogP contribution in [0.2, 0.25) is 0 Å². The third kappa shape index (κ3) is 3.08. The first-order chi connectivity index (χ1) is 14.0. The van der Waals surface area contributed by atoms with Gasteiger partial charge in [-0.2, -0.15) is 10.2 Å². The molecule has 9 nitrogen and oxygen atoms in total. The van der Waals surface area contributed by atoms with Crippen molar-refractivity contribution in [3.63, 3.8) is 0 Å². The van der Waals surface area contributed by atoms with Crippen LogP contribution in [0.15, 0.2) is 32.1 Å². The second-order valence-corrected chi connectivity index (χ2v) is 9.20. The van der Waals surface area contributed by atoms with Crippen LogP contribution in [-0.2, 0) is 42.6 Å². The molecule has 0 saturated carbocycles. The fourth-order valence-corrected chi connectivity index (χ4v) is 5.33. The summed E-state index contributed by atoms with van der Waals surface area (Å²) >= 11 is 0. The number of anilines is 1. The molecule has 0 spiro atoms. The molecule has 2 aromatic heterocycles. The SMILES string of the molecule is N[S+]([O-])(=NC(=O)Nc1c2c(cc3c1CCC3)CCC2)c1cnn2cc(CO)oc12. The summed E-state index contributed by atoms with van der Waals surface area (Å²) in [5, 5.41) is 22.0. The number of aliphatic hydroxyl groups is 1. The van der Waals surface area contributed by atoms with Gasteiger partial charge in [0.25, 0.3) is 5.71 Å². The van der Waals surface area contributed by atoms with E-state index in [1.807, 2.05) is 0 Å². The van der Waals surface area contributed by atoms with Gasteiger partial charge in [0, 0.05) is 16.0 Å². The number of hydrogen-bond donors (Lipinski definition) is 3. The summed E-state index contributed by atoms with van der Waals surface area (Å²) in [7, 11) is -3.58. The van der Waals surface area contributed by atoms with E-state index in [1.54, 1.807) is 0 Å². The number of aromatic nitrogens is 2. The molecule has 10 heteroatoms. The summed E-state index contributed by atoms with van der Waals surface area (Å²) in [6.07, 6.45) is 8.68. The van der Waals surface area contributed by atoms with Gasteiger partial charge in [-0.3, -0.25) is 0 Å². The van der Waals surface area contributed by atoms with Crippen LogP contribution < -0.4 is 10.5 Å². The lowest BCUT2D eigenvalue weighted by Gasteiger charge is -2.16. The number of nitrogens with two attached hydrogens (primary N) is 1. The zero-order valence-corrected chi connectivity index (χ0v) is 16.5. The monoisotopic (exact) mass is 415 g/mol. The number of aliphatic hydroxyl groups excluding tert-OH is 1. The molecule has 2 heterocycles. The molecule has 3 aromatic rings. The maximum Gasteiger partial charge on any atom is 0.386 e. The second kappa shape index (κ2) is 6.77. The molecule has 2 aliphatic carbocycles. The van der Waals surface area contributed by atoms with E-state index < -0.39 is 16.3 Å². The average Bonchev–Trinajstić information content (AvgIpc) is 3.43. The van der Waals surface area contributed by atoms with Gasteiger partial charge in [-0.25, -0.2) is 9.31 Å². The number of amides is 2. The van der Waals surface area contributed by atoms with Gasteiger partial charge in [0.1, 0.15) is 12.8 Å². The highest BCUT2D eigenvalue weighted by molar-refractivity contribution is 7.98. The molecule has 4 N–H and O–H groups in total. The van der Waals surface area contributed by atoms with Gasteiger partial charge in [0.2, 0.25) is 4.90 Å². The molecule has 1 aromatic carbocycles. The van der Waals surface area contributed by atoms with Gasteiger partial charge in [0.15, 0.2) is 5.76 Å². The second-order valence-electron chi connectivity index (χ2n) is 7.44. The number of rotatable bonds is 3. The lowest BCUT2D eigenvalue weighted by Crippen LogP contribution is -2.25. The lowest BCUT2D eigenvalue weighted by atomic mass is 9.99. The van der Waals surface area contributed by atoms with Crippen LogP contribution in [0.25, 0.3) is 5.71 Å². The van der Waals surface area contributed by atoms with Crippen molar-refractivity contribution in [3.05, 3.63) is 46.5 Å². The Morgan fingerprint density at radius 2 is 2.00 bits per heavy atom. The van der Waals surface area contributed by atoms with Gasteiger partial charge < -0.3 is 19.4 Å². The predicted octanol–water partition coefficient (Wildman–Crippen LogP) is 2.33. The molecule has 1 unspecified atom stereocenters. The third-order valence-corrected chi connectivity index (χ3v) is 6.95. The number of urea groups is 1. The normalized spacial score (nSPS) is 17.2. The van der Waals surface area contributed by atoms with Crippen molar-refractivity contribution in [1.29, 1.82) is 0 Å². The lowest BCUT2D eigenvalue weighted by molar-refractivity contribution is 0.250. The zero-order chi connectivity index (χ0) is 20.2. The first kappa shape index (κ1) is 18.5. The van der Waals surface area contributed by atoms with E-state index in [-0.39, 0.29) is 23.0 Å². The minimum Gasteiger partial charge on any atom is -0.609 e. The van der Waals surface area contributed by atoms with Crippen molar-refractivity contribution in [2.45, 2.75) is 50.0 Å². The number of nitrogens with zero attached hydrogens (tertiary/aromatic N) is 3. The third-order valence-electron chi connectivity index (χ3n) is 5.61. The van der Waals surface area contributed by atoms with E-state index in [4.69, 9.17) is 9.56 Å². The highest BCUT2D eigenvalue weighted by Crippen LogP contribution is 2.38. The van der Waals surface area contributed by atoms with Crippen LogP contribution in [-0.4, -0.2) is 25.3 Å². The molecule has 0 aliphatic heterocycles. The molecule has 0 bridgehead atoms. The fourth-order valence-electron chi connectivity index (χ4n) is 4.35. The molecular weight excluding hydrogens is 394 g/mol. The summed E-state index contributed by atoms with van der Waals surface area (Å²) < 4.78 is 23.5. The smallest absolute Gasteiger partial charge is 0.386 e. The largest absolute Gasteiger partial charge is 0.609 e. The molecule has 1 atom stereocenters. The van der Waals surface area contributed by atoms with E-state index in [0.29, 0.717) is 0 Å². The van der Waals surface area contributed by atoms with Gasteiger partial charge in [-0.1, -0.05) is 6.07 Å². The molecule has 5 rings (SSSR count). The van der Waals surface area contributed by atoms with Gasteiger partial charge in [-0.15, -0.1) is 0 Å². The van der Waals surface area contributed by atoms with Crippen molar-refractivity contribution < 1.29 is 18.9 Å². The van der Waals surface area contributed by atoms with Crippen molar-refractivity contribution >= 4 is 27.7 Å². The summed E-state index contributed by atoms with van der Waals surface area (Å²) in [5.41, 5.74) is 5.78. The van der Waals surface area contributed by atoms with Crippen molar-refractivity contribution in [1.82, 2.24) is 9.61 Å². The van der Waals surface area contributed by atoms with Crippen LogP contribution in [0.1, 0.15) is 40.9 Å². The molecule has 2 amide bonds. The fraction of sp³-hybridized carbons (Fsp3) is 0.368. The number of fused-ring (bicyclic) bond motifs is 3. The van der Waals surface area contributed by atoms with Crippen LogP contribution in [0.4, 0.5) is 10.5 Å². The molecule has 0 saturated heterocycles. The van der Waals surface area contributed by atoms with E-state index in [2.05, 4.69) is 20.8 Å². The predicted molar refractivity (Wildman–Crippen MR) is 106 cm³/mol. The Balaban J connectivity index is 1.50. The number of nitrogens with one attached hydrogen (secondary N) is 1. The quantitative estimate of drug-likeness (QED) is 0.561. The van der Waals surface area contributed by atoms with Crippen molar-refractivity contribution in [2.24, 2.45) is 9.50 Å². The molecule has 152 valence electrons. The van der Waals surface area contributed by atoms with Crippen LogP contribution >= 0.6 is 0 Å². The van der Waals surface area contributed by atoms with Gasteiger partial charge in [0.05, 0.1) is 6.20 Å². The van der Waals surface area contributed by atoms with Crippen LogP contribution in [0.5, 0.6) is 0 Å². The number of oxazole rings is 1. The Hall–Kier alpha value is -2.53. The minimum absolute atomic E-state index is 0.0101. The maximum atomic E-state index is 13.0. The Labute approximate surface area is 167 Å². The number of aryl methyl sites for hydroxylation is 2. The Morgan fingerprint density at radius 3 is 2.66 bits per heavy atom. The number of carbonyl (C=O) groups excluding carboxylic acids is 1. The van der Waals surface area contributed by atoms with E-state index in [9.17, 15) is 14.5 Å².